The summed E-state index contributed by atoms with van der Waals surface area (Å²) in [5, 5.41) is 0. The second-order valence-corrected chi connectivity index (χ2v) is 5.18. The van der Waals surface area contributed by atoms with Gasteiger partial charge in [0, 0.05) is 24.4 Å². The van der Waals surface area contributed by atoms with Crippen LogP contribution in [0.3, 0.4) is 0 Å². The number of carbonyl (C=O) groups is 1. The van der Waals surface area contributed by atoms with Gasteiger partial charge in [-0.3, -0.25) is 9.69 Å². The second kappa shape index (κ2) is 4.52. The van der Waals surface area contributed by atoms with E-state index in [0.29, 0.717) is 12.5 Å². The number of esters is 1. The number of nitrogens with zero attached hydrogens (tertiary/aromatic N) is 1. The van der Waals surface area contributed by atoms with E-state index in [4.69, 9.17) is 4.74 Å². The standard InChI is InChI=1S/C12H23NO2/c1-6-11(14)15-10-7-9(2)13(5)12(3,4)8-10/h9-10H,6-8H2,1-5H3. The number of carbonyl (C=O) groups excluding carboxylic acids is 1. The molecule has 1 fully saturated rings. The number of likely N-dealkylation sites (tertiary alicyclic amines) is 1. The fourth-order valence-electron chi connectivity index (χ4n) is 2.28. The zero-order valence-corrected chi connectivity index (χ0v) is 10.5. The van der Waals surface area contributed by atoms with Gasteiger partial charge >= 0.3 is 5.97 Å². The van der Waals surface area contributed by atoms with Gasteiger partial charge in [0.2, 0.25) is 0 Å². The van der Waals surface area contributed by atoms with E-state index in [1.807, 2.05) is 6.92 Å². The fourth-order valence-corrected chi connectivity index (χ4v) is 2.28. The molecule has 88 valence electrons. The number of hydrogen-bond donors (Lipinski definition) is 0. The van der Waals surface area contributed by atoms with E-state index in [2.05, 4.69) is 32.7 Å². The first-order valence-corrected chi connectivity index (χ1v) is 5.79. The van der Waals surface area contributed by atoms with Crippen molar-refractivity contribution in [2.24, 2.45) is 0 Å². The zero-order valence-electron chi connectivity index (χ0n) is 10.5. The lowest BCUT2D eigenvalue weighted by Gasteiger charge is -2.47. The van der Waals surface area contributed by atoms with Gasteiger partial charge in [-0.2, -0.15) is 0 Å². The minimum absolute atomic E-state index is 0.0763. The Morgan fingerprint density at radius 3 is 2.60 bits per heavy atom. The van der Waals surface area contributed by atoms with Crippen molar-refractivity contribution < 1.29 is 9.53 Å². The molecule has 0 aliphatic carbocycles. The summed E-state index contributed by atoms with van der Waals surface area (Å²) < 4.78 is 5.43. The lowest BCUT2D eigenvalue weighted by molar-refractivity contribution is -0.154. The van der Waals surface area contributed by atoms with Crippen molar-refractivity contribution in [2.75, 3.05) is 7.05 Å². The van der Waals surface area contributed by atoms with Gasteiger partial charge in [0.15, 0.2) is 0 Å². The third-order valence-corrected chi connectivity index (χ3v) is 3.53. The molecule has 2 atom stereocenters. The van der Waals surface area contributed by atoms with Crippen LogP contribution in [-0.2, 0) is 9.53 Å². The van der Waals surface area contributed by atoms with Gasteiger partial charge in [0.1, 0.15) is 6.10 Å². The summed E-state index contributed by atoms with van der Waals surface area (Å²) >= 11 is 0. The van der Waals surface area contributed by atoms with Gasteiger partial charge < -0.3 is 4.74 Å². The predicted molar refractivity (Wildman–Crippen MR) is 60.7 cm³/mol. The van der Waals surface area contributed by atoms with Gasteiger partial charge in [-0.25, -0.2) is 0 Å². The third kappa shape index (κ3) is 2.94. The van der Waals surface area contributed by atoms with Crippen molar-refractivity contribution in [3.63, 3.8) is 0 Å². The van der Waals surface area contributed by atoms with Crippen LogP contribution in [-0.4, -0.2) is 35.6 Å². The highest BCUT2D eigenvalue weighted by molar-refractivity contribution is 5.69. The van der Waals surface area contributed by atoms with Gasteiger partial charge in [-0.05, 0) is 34.2 Å². The third-order valence-electron chi connectivity index (χ3n) is 3.53. The number of hydrogen-bond acceptors (Lipinski definition) is 3. The molecular weight excluding hydrogens is 190 g/mol. The number of rotatable bonds is 2. The summed E-state index contributed by atoms with van der Waals surface area (Å²) in [7, 11) is 2.14. The zero-order chi connectivity index (χ0) is 11.6. The molecule has 0 spiro atoms. The summed E-state index contributed by atoms with van der Waals surface area (Å²) in [5.74, 6) is -0.0763. The number of piperidine rings is 1. The lowest BCUT2D eigenvalue weighted by atomic mass is 9.85. The van der Waals surface area contributed by atoms with E-state index in [-0.39, 0.29) is 17.6 Å². The Hall–Kier alpha value is -0.570. The molecule has 0 bridgehead atoms. The van der Waals surface area contributed by atoms with Gasteiger partial charge in [0.05, 0.1) is 0 Å². The molecule has 0 amide bonds. The average molecular weight is 213 g/mol. The first kappa shape index (κ1) is 12.5. The summed E-state index contributed by atoms with van der Waals surface area (Å²) in [6.07, 6.45) is 2.45. The minimum Gasteiger partial charge on any atom is -0.462 e. The molecule has 0 radical (unpaired) electrons. The highest BCUT2D eigenvalue weighted by Gasteiger charge is 2.37. The monoisotopic (exact) mass is 213 g/mol. The Labute approximate surface area is 92.8 Å². The summed E-state index contributed by atoms with van der Waals surface area (Å²) in [5.41, 5.74) is 0.121. The first-order chi connectivity index (χ1) is 6.86. The van der Waals surface area contributed by atoms with Crippen LogP contribution in [0.1, 0.15) is 47.0 Å². The molecule has 1 saturated heterocycles. The maximum Gasteiger partial charge on any atom is 0.305 e. The van der Waals surface area contributed by atoms with Crippen LogP contribution < -0.4 is 0 Å². The molecule has 1 heterocycles. The molecule has 3 nitrogen and oxygen atoms in total. The summed E-state index contributed by atoms with van der Waals surface area (Å²) in [6, 6.07) is 0.475. The van der Waals surface area contributed by atoms with Gasteiger partial charge in [0.25, 0.3) is 0 Å². The van der Waals surface area contributed by atoms with Crippen LogP contribution in [0.25, 0.3) is 0 Å². The Morgan fingerprint density at radius 2 is 2.13 bits per heavy atom. The molecule has 0 aromatic carbocycles. The Kier molecular flexibility index (Phi) is 3.77. The molecule has 0 saturated carbocycles. The molecule has 0 N–H and O–H groups in total. The van der Waals surface area contributed by atoms with Crippen molar-refractivity contribution in [3.05, 3.63) is 0 Å². The Balaban J connectivity index is 2.60. The molecule has 3 heteroatoms. The van der Waals surface area contributed by atoms with Crippen LogP contribution in [0.15, 0.2) is 0 Å². The van der Waals surface area contributed by atoms with Crippen LogP contribution in [0.2, 0.25) is 0 Å². The molecule has 1 rings (SSSR count). The fraction of sp³-hybridized carbons (Fsp3) is 0.917. The van der Waals surface area contributed by atoms with Crippen molar-refractivity contribution in [1.29, 1.82) is 0 Å². The van der Waals surface area contributed by atoms with E-state index in [1.165, 1.54) is 0 Å². The predicted octanol–water partition coefficient (Wildman–Crippen LogP) is 2.20. The number of ether oxygens (including phenoxy) is 1. The average Bonchev–Trinajstić information content (AvgIpc) is 2.13. The second-order valence-electron chi connectivity index (χ2n) is 5.18. The SMILES string of the molecule is CCC(=O)OC1CC(C)N(C)C(C)(C)C1. The van der Waals surface area contributed by atoms with Crippen molar-refractivity contribution in [2.45, 2.75) is 64.6 Å². The molecule has 0 aromatic rings. The summed E-state index contributed by atoms with van der Waals surface area (Å²) in [6.45, 7) is 8.43. The molecule has 15 heavy (non-hydrogen) atoms. The van der Waals surface area contributed by atoms with Crippen LogP contribution in [0.4, 0.5) is 0 Å². The van der Waals surface area contributed by atoms with Crippen molar-refractivity contribution in [3.8, 4) is 0 Å². The minimum atomic E-state index is -0.0763. The molecule has 2 unspecified atom stereocenters. The maximum absolute atomic E-state index is 11.2. The first-order valence-electron chi connectivity index (χ1n) is 5.79. The highest BCUT2D eigenvalue weighted by atomic mass is 16.5. The van der Waals surface area contributed by atoms with Gasteiger partial charge in [-0.1, -0.05) is 6.92 Å². The van der Waals surface area contributed by atoms with Gasteiger partial charge in [-0.15, -0.1) is 0 Å². The Bertz CT molecular complexity index is 238. The van der Waals surface area contributed by atoms with E-state index in [9.17, 15) is 4.79 Å². The van der Waals surface area contributed by atoms with E-state index < -0.39 is 0 Å². The van der Waals surface area contributed by atoms with Crippen LogP contribution in [0.5, 0.6) is 0 Å². The topological polar surface area (TPSA) is 29.5 Å². The smallest absolute Gasteiger partial charge is 0.305 e. The quantitative estimate of drug-likeness (QED) is 0.659. The van der Waals surface area contributed by atoms with Crippen LogP contribution in [0, 0.1) is 0 Å². The van der Waals surface area contributed by atoms with Crippen molar-refractivity contribution in [1.82, 2.24) is 4.90 Å². The Morgan fingerprint density at radius 1 is 1.53 bits per heavy atom. The van der Waals surface area contributed by atoms with E-state index in [0.717, 1.165) is 12.8 Å². The lowest BCUT2D eigenvalue weighted by Crippen LogP contribution is -2.54. The van der Waals surface area contributed by atoms with Crippen molar-refractivity contribution >= 4 is 5.97 Å². The van der Waals surface area contributed by atoms with Crippen LogP contribution >= 0.6 is 0 Å². The molecule has 0 aromatic heterocycles. The van der Waals surface area contributed by atoms with E-state index >= 15 is 0 Å². The molecule has 1 aliphatic heterocycles. The highest BCUT2D eigenvalue weighted by Crippen LogP contribution is 2.31. The maximum atomic E-state index is 11.2. The normalized spacial score (nSPS) is 31.3. The largest absolute Gasteiger partial charge is 0.462 e. The van der Waals surface area contributed by atoms with E-state index in [1.54, 1.807) is 0 Å². The molecular formula is C12H23NO2. The molecule has 1 aliphatic rings. The summed E-state index contributed by atoms with van der Waals surface area (Å²) in [4.78, 5) is 13.6.